The van der Waals surface area contributed by atoms with Crippen molar-refractivity contribution in [2.24, 2.45) is 0 Å². The van der Waals surface area contributed by atoms with Gasteiger partial charge in [-0.2, -0.15) is 0 Å². The van der Waals surface area contributed by atoms with Crippen molar-refractivity contribution in [1.29, 1.82) is 0 Å². The molecule has 0 unspecified atom stereocenters. The Labute approximate surface area is 170 Å². The maximum Gasteiger partial charge on any atom is 0.276 e. The SMILES string of the molecule is CN(CC(=O)Nc1ccc(Cl)c(Cl)c1)C(=O)c1cc(-c2cccc(O)c2)on1. The maximum absolute atomic E-state index is 12.5. The number of likely N-dealkylation sites (N-methyl/N-ethyl adjacent to an activating group) is 1. The van der Waals surface area contributed by atoms with Gasteiger partial charge in [0.05, 0.1) is 16.6 Å². The van der Waals surface area contributed by atoms with Crippen LogP contribution in [0.25, 0.3) is 11.3 Å². The molecule has 2 N–H and O–H groups in total. The second kappa shape index (κ2) is 8.33. The predicted octanol–water partition coefficient (Wildman–Crippen LogP) is 4.06. The number of aromatic hydroxyl groups is 1. The van der Waals surface area contributed by atoms with Crippen LogP contribution < -0.4 is 5.32 Å². The number of carbonyl (C=O) groups is 2. The van der Waals surface area contributed by atoms with Crippen molar-refractivity contribution in [2.45, 2.75) is 0 Å². The fourth-order valence-electron chi connectivity index (χ4n) is 2.43. The quantitative estimate of drug-likeness (QED) is 0.649. The van der Waals surface area contributed by atoms with Crippen LogP contribution in [-0.2, 0) is 4.79 Å². The lowest BCUT2D eigenvalue weighted by Crippen LogP contribution is -2.35. The van der Waals surface area contributed by atoms with Gasteiger partial charge in [0.1, 0.15) is 5.75 Å². The topological polar surface area (TPSA) is 95.7 Å². The highest BCUT2D eigenvalue weighted by molar-refractivity contribution is 6.42. The van der Waals surface area contributed by atoms with Gasteiger partial charge in [0.15, 0.2) is 11.5 Å². The molecule has 0 radical (unpaired) electrons. The maximum atomic E-state index is 12.5. The average Bonchev–Trinajstić information content (AvgIpc) is 3.14. The molecule has 0 atom stereocenters. The highest BCUT2D eigenvalue weighted by Gasteiger charge is 2.20. The van der Waals surface area contributed by atoms with Crippen LogP contribution in [0.15, 0.2) is 53.1 Å². The normalized spacial score (nSPS) is 10.5. The third kappa shape index (κ3) is 4.62. The van der Waals surface area contributed by atoms with E-state index in [2.05, 4.69) is 10.5 Å². The Morgan fingerprint density at radius 3 is 2.64 bits per heavy atom. The molecule has 0 bridgehead atoms. The van der Waals surface area contributed by atoms with Crippen LogP contribution in [0, 0.1) is 0 Å². The fourth-order valence-corrected chi connectivity index (χ4v) is 2.73. The van der Waals surface area contributed by atoms with E-state index < -0.39 is 11.8 Å². The third-order valence-corrected chi connectivity index (χ3v) is 4.53. The molecule has 1 aromatic heterocycles. The van der Waals surface area contributed by atoms with Crippen LogP contribution in [0.2, 0.25) is 10.0 Å². The van der Waals surface area contributed by atoms with E-state index in [0.29, 0.717) is 27.1 Å². The number of aromatic nitrogens is 1. The number of anilines is 1. The lowest BCUT2D eigenvalue weighted by Gasteiger charge is -2.15. The van der Waals surface area contributed by atoms with Gasteiger partial charge in [-0.1, -0.05) is 40.5 Å². The first kappa shape index (κ1) is 19.7. The van der Waals surface area contributed by atoms with Crippen molar-refractivity contribution < 1.29 is 19.2 Å². The zero-order valence-corrected chi connectivity index (χ0v) is 16.2. The summed E-state index contributed by atoms with van der Waals surface area (Å²) in [5.41, 5.74) is 1.09. The van der Waals surface area contributed by atoms with Crippen LogP contribution in [0.3, 0.4) is 0 Å². The number of nitrogens with one attached hydrogen (secondary N) is 1. The Balaban J connectivity index is 1.64. The highest BCUT2D eigenvalue weighted by atomic mass is 35.5. The van der Waals surface area contributed by atoms with Crippen molar-refractivity contribution in [2.75, 3.05) is 18.9 Å². The van der Waals surface area contributed by atoms with E-state index in [0.717, 1.165) is 0 Å². The summed E-state index contributed by atoms with van der Waals surface area (Å²) in [5, 5.41) is 16.6. The smallest absolute Gasteiger partial charge is 0.276 e. The Kier molecular flexibility index (Phi) is 5.87. The molecule has 0 aliphatic carbocycles. The van der Waals surface area contributed by atoms with Crippen molar-refractivity contribution in [3.63, 3.8) is 0 Å². The van der Waals surface area contributed by atoms with E-state index in [1.807, 2.05) is 0 Å². The van der Waals surface area contributed by atoms with Crippen molar-refractivity contribution in [3.8, 4) is 17.1 Å². The van der Waals surface area contributed by atoms with Gasteiger partial charge in [-0.25, -0.2) is 0 Å². The Morgan fingerprint density at radius 1 is 1.14 bits per heavy atom. The first-order valence-corrected chi connectivity index (χ1v) is 8.85. The summed E-state index contributed by atoms with van der Waals surface area (Å²) in [6.07, 6.45) is 0. The van der Waals surface area contributed by atoms with Gasteiger partial charge in [-0.15, -0.1) is 0 Å². The Bertz CT molecular complexity index is 1040. The number of phenolic OH excluding ortho intramolecular Hbond substituents is 1. The van der Waals surface area contributed by atoms with E-state index in [1.54, 1.807) is 24.3 Å². The molecule has 0 spiro atoms. The Hall–Kier alpha value is -3.03. The van der Waals surface area contributed by atoms with Gasteiger partial charge in [0.2, 0.25) is 5.91 Å². The molecule has 9 heteroatoms. The molecule has 7 nitrogen and oxygen atoms in total. The van der Waals surface area contributed by atoms with E-state index in [-0.39, 0.29) is 18.0 Å². The van der Waals surface area contributed by atoms with Gasteiger partial charge in [0, 0.05) is 24.4 Å². The minimum Gasteiger partial charge on any atom is -0.508 e. The zero-order valence-electron chi connectivity index (χ0n) is 14.6. The van der Waals surface area contributed by atoms with Crippen molar-refractivity contribution in [3.05, 3.63) is 64.3 Å². The third-order valence-electron chi connectivity index (χ3n) is 3.79. The van der Waals surface area contributed by atoms with Gasteiger partial charge in [0.25, 0.3) is 5.91 Å². The minimum absolute atomic E-state index is 0.0446. The fraction of sp³-hybridized carbons (Fsp3) is 0.105. The summed E-state index contributed by atoms with van der Waals surface area (Å²) in [7, 11) is 1.47. The number of halogens is 2. The van der Waals surface area contributed by atoms with Crippen LogP contribution in [0.5, 0.6) is 5.75 Å². The number of benzene rings is 2. The van der Waals surface area contributed by atoms with Crippen LogP contribution in [0.4, 0.5) is 5.69 Å². The average molecular weight is 420 g/mol. The summed E-state index contributed by atoms with van der Waals surface area (Å²) in [4.78, 5) is 25.9. The van der Waals surface area contributed by atoms with Crippen molar-refractivity contribution in [1.82, 2.24) is 10.1 Å². The second-order valence-electron chi connectivity index (χ2n) is 5.97. The summed E-state index contributed by atoms with van der Waals surface area (Å²) in [6.45, 7) is -0.201. The van der Waals surface area contributed by atoms with Gasteiger partial charge < -0.3 is 19.8 Å². The largest absolute Gasteiger partial charge is 0.508 e. The number of nitrogens with zero attached hydrogens (tertiary/aromatic N) is 2. The lowest BCUT2D eigenvalue weighted by atomic mass is 10.1. The molecule has 0 aliphatic heterocycles. The number of amides is 2. The molecule has 3 aromatic rings. The summed E-state index contributed by atoms with van der Waals surface area (Å²) >= 11 is 11.8. The van der Waals surface area contributed by atoms with E-state index in [4.69, 9.17) is 27.7 Å². The standard InChI is InChI=1S/C19H15Cl2N3O4/c1-24(10-18(26)22-12-5-6-14(20)15(21)8-12)19(27)16-9-17(28-23-16)11-3-2-4-13(25)7-11/h2-9,25H,10H2,1H3,(H,22,26). The molecule has 3 rings (SSSR count). The molecule has 0 saturated carbocycles. The summed E-state index contributed by atoms with van der Waals surface area (Å²) in [5.74, 6) is -0.504. The molecular formula is C19H15Cl2N3O4. The van der Waals surface area contributed by atoms with Gasteiger partial charge >= 0.3 is 0 Å². The highest BCUT2D eigenvalue weighted by Crippen LogP contribution is 2.25. The molecule has 1 heterocycles. The monoisotopic (exact) mass is 419 g/mol. The van der Waals surface area contributed by atoms with Gasteiger partial charge in [-0.05, 0) is 30.3 Å². The van der Waals surface area contributed by atoms with E-state index in [9.17, 15) is 14.7 Å². The molecule has 0 aliphatic rings. The van der Waals surface area contributed by atoms with Gasteiger partial charge in [-0.3, -0.25) is 9.59 Å². The minimum atomic E-state index is -0.487. The lowest BCUT2D eigenvalue weighted by molar-refractivity contribution is -0.116. The van der Waals surface area contributed by atoms with Crippen molar-refractivity contribution >= 4 is 40.7 Å². The number of phenols is 1. The number of carbonyl (C=O) groups excluding carboxylic acids is 2. The zero-order chi connectivity index (χ0) is 20.3. The van der Waals surface area contributed by atoms with E-state index >= 15 is 0 Å². The summed E-state index contributed by atoms with van der Waals surface area (Å²) in [6, 6.07) is 12.5. The number of rotatable bonds is 5. The van der Waals surface area contributed by atoms with Crippen LogP contribution in [0.1, 0.15) is 10.5 Å². The van der Waals surface area contributed by atoms with Crippen LogP contribution in [-0.4, -0.2) is 40.6 Å². The molecule has 0 fully saturated rings. The second-order valence-corrected chi connectivity index (χ2v) is 6.78. The summed E-state index contributed by atoms with van der Waals surface area (Å²) < 4.78 is 5.17. The number of hydrogen-bond donors (Lipinski definition) is 2. The van der Waals surface area contributed by atoms with Crippen LogP contribution >= 0.6 is 23.2 Å². The molecule has 144 valence electrons. The molecule has 2 aromatic carbocycles. The Morgan fingerprint density at radius 2 is 1.93 bits per heavy atom. The molecule has 0 saturated heterocycles. The first-order chi connectivity index (χ1) is 13.3. The van der Waals surface area contributed by atoms with E-state index in [1.165, 1.54) is 36.2 Å². The predicted molar refractivity (Wildman–Crippen MR) is 106 cm³/mol. The molecule has 2 amide bonds. The first-order valence-electron chi connectivity index (χ1n) is 8.10. The molecule has 28 heavy (non-hydrogen) atoms. The number of hydrogen-bond acceptors (Lipinski definition) is 5. The molecular weight excluding hydrogens is 405 g/mol.